The monoisotopic (exact) mass is 364 g/mol. The lowest BCUT2D eigenvalue weighted by Crippen LogP contribution is -2.68. The summed E-state index contributed by atoms with van der Waals surface area (Å²) in [5.41, 5.74) is -1.17. The van der Waals surface area contributed by atoms with Crippen LogP contribution in [-0.4, -0.2) is 52.9 Å². The third-order valence-electron chi connectivity index (χ3n) is 3.13. The average molecular weight is 365 g/mol. The van der Waals surface area contributed by atoms with E-state index in [1.807, 2.05) is 34.6 Å². The molecule has 0 spiro atoms. The van der Waals surface area contributed by atoms with Gasteiger partial charge in [0.25, 0.3) is 0 Å². The lowest BCUT2D eigenvalue weighted by molar-refractivity contribution is -0.235. The number of hydrogen-bond acceptors (Lipinski definition) is 7. The summed E-state index contributed by atoms with van der Waals surface area (Å²) < 4.78 is 34.9. The summed E-state index contributed by atoms with van der Waals surface area (Å²) >= 11 is 0. The molecule has 0 aromatic rings. The molecular formula is C16H32O7Si. The van der Waals surface area contributed by atoms with Crippen LogP contribution in [0.25, 0.3) is 0 Å². The minimum atomic E-state index is -3.52. The fraction of sp³-hybridized carbons (Fsp3) is 0.812. The zero-order chi connectivity index (χ0) is 18.6. The van der Waals surface area contributed by atoms with E-state index in [0.717, 1.165) is 6.08 Å². The molecular weight excluding hydrogens is 332 g/mol. The Hall–Kier alpha value is -0.773. The Morgan fingerprint density at radius 1 is 1.04 bits per heavy atom. The molecule has 8 heteroatoms. The molecule has 0 aliphatic carbocycles. The van der Waals surface area contributed by atoms with Crippen LogP contribution in [0.1, 0.15) is 48.0 Å². The number of ether oxygens (including phenoxy) is 3. The van der Waals surface area contributed by atoms with Crippen LogP contribution in [0.4, 0.5) is 0 Å². The van der Waals surface area contributed by atoms with Crippen molar-refractivity contribution < 1.29 is 32.3 Å². The molecule has 0 aromatic heterocycles. The molecule has 142 valence electrons. The minimum absolute atomic E-state index is 0.343. The maximum Gasteiger partial charge on any atom is 0.566 e. The first-order valence-electron chi connectivity index (χ1n) is 8.47. The van der Waals surface area contributed by atoms with Crippen LogP contribution in [0.5, 0.6) is 0 Å². The summed E-state index contributed by atoms with van der Waals surface area (Å²) in [4.78, 5) is 11.4. The molecule has 0 amide bonds. The van der Waals surface area contributed by atoms with Crippen molar-refractivity contribution >= 4 is 14.8 Å². The first-order valence-corrected chi connectivity index (χ1v) is 10.2. The maximum absolute atomic E-state index is 11.4. The summed E-state index contributed by atoms with van der Waals surface area (Å²) in [5.74, 6) is -0.590. The van der Waals surface area contributed by atoms with Crippen LogP contribution < -0.4 is 0 Å². The standard InChI is InChI=1S/C16H32O7Si/c1-8-15(17)22-14(7)23-24(20-12-5,21-13-6)16(9-2,18-10-3)19-11-4/h8,14H,1,9-13H2,2-7H3. The molecule has 0 radical (unpaired) electrons. The second kappa shape index (κ2) is 11.7. The van der Waals surface area contributed by atoms with Gasteiger partial charge in [0.05, 0.1) is 0 Å². The van der Waals surface area contributed by atoms with Crippen molar-refractivity contribution in [1.29, 1.82) is 0 Å². The summed E-state index contributed by atoms with van der Waals surface area (Å²) in [5, 5.41) is 0. The molecule has 0 rings (SSSR count). The fourth-order valence-corrected chi connectivity index (χ4v) is 5.52. The maximum atomic E-state index is 11.4. The van der Waals surface area contributed by atoms with Gasteiger partial charge in [-0.05, 0) is 34.6 Å². The molecule has 24 heavy (non-hydrogen) atoms. The van der Waals surface area contributed by atoms with Crippen LogP contribution in [-0.2, 0) is 32.3 Å². The van der Waals surface area contributed by atoms with E-state index >= 15 is 0 Å². The molecule has 0 saturated heterocycles. The summed E-state index contributed by atoms with van der Waals surface area (Å²) in [6.07, 6.45) is 0.637. The van der Waals surface area contributed by atoms with Gasteiger partial charge in [0.15, 0.2) is 6.29 Å². The van der Waals surface area contributed by atoms with E-state index in [9.17, 15) is 4.79 Å². The van der Waals surface area contributed by atoms with Gasteiger partial charge in [0, 0.05) is 38.9 Å². The lowest BCUT2D eigenvalue weighted by atomic mass is 10.4. The van der Waals surface area contributed by atoms with Gasteiger partial charge in [-0.1, -0.05) is 13.5 Å². The molecule has 0 heterocycles. The van der Waals surface area contributed by atoms with Crippen LogP contribution in [0.3, 0.4) is 0 Å². The number of esters is 1. The number of hydrogen-bond donors (Lipinski definition) is 0. The van der Waals surface area contributed by atoms with E-state index in [1.165, 1.54) is 0 Å². The van der Waals surface area contributed by atoms with Crippen molar-refractivity contribution in [2.24, 2.45) is 0 Å². The highest BCUT2D eigenvalue weighted by atomic mass is 28.4. The van der Waals surface area contributed by atoms with E-state index in [1.54, 1.807) is 6.92 Å². The Morgan fingerprint density at radius 3 is 1.88 bits per heavy atom. The van der Waals surface area contributed by atoms with E-state index in [0.29, 0.717) is 32.8 Å². The first-order chi connectivity index (χ1) is 11.4. The molecule has 0 aliphatic heterocycles. The Bertz CT molecular complexity index is 363. The van der Waals surface area contributed by atoms with Gasteiger partial charge >= 0.3 is 14.8 Å². The molecule has 0 fully saturated rings. The molecule has 0 aromatic carbocycles. The molecule has 0 aliphatic rings. The third kappa shape index (κ3) is 5.94. The number of rotatable bonds is 14. The Kier molecular flexibility index (Phi) is 11.3. The van der Waals surface area contributed by atoms with Gasteiger partial charge in [-0.15, -0.1) is 0 Å². The Balaban J connectivity index is 5.78. The quantitative estimate of drug-likeness (QED) is 0.203. The largest absolute Gasteiger partial charge is 0.566 e. The highest BCUT2D eigenvalue weighted by Gasteiger charge is 2.64. The van der Waals surface area contributed by atoms with Crippen molar-refractivity contribution in [3.8, 4) is 0 Å². The van der Waals surface area contributed by atoms with E-state index < -0.39 is 26.5 Å². The normalized spacial score (nSPS) is 13.6. The zero-order valence-corrected chi connectivity index (χ0v) is 16.8. The summed E-state index contributed by atoms with van der Waals surface area (Å²) in [6, 6.07) is 0. The molecule has 0 bridgehead atoms. The van der Waals surface area contributed by atoms with Crippen LogP contribution in [0.2, 0.25) is 0 Å². The summed E-state index contributed by atoms with van der Waals surface area (Å²) in [7, 11) is -3.52. The lowest BCUT2D eigenvalue weighted by Gasteiger charge is -2.44. The van der Waals surface area contributed by atoms with Crippen molar-refractivity contribution in [3.05, 3.63) is 12.7 Å². The highest BCUT2D eigenvalue weighted by Crippen LogP contribution is 2.34. The van der Waals surface area contributed by atoms with Gasteiger partial charge in [0.1, 0.15) is 0 Å². The van der Waals surface area contributed by atoms with Gasteiger partial charge in [-0.3, -0.25) is 0 Å². The highest BCUT2D eigenvalue weighted by molar-refractivity contribution is 6.63. The molecule has 1 unspecified atom stereocenters. The SMILES string of the molecule is C=CC(=O)OC(C)O[Si](OCC)(OCC)C(CC)(OCC)OCC. The molecule has 0 saturated carbocycles. The van der Waals surface area contributed by atoms with E-state index in [2.05, 4.69) is 6.58 Å². The van der Waals surface area contributed by atoms with Crippen molar-refractivity contribution in [2.45, 2.75) is 59.7 Å². The average Bonchev–Trinajstić information content (AvgIpc) is 2.54. The smallest absolute Gasteiger partial charge is 0.434 e. The minimum Gasteiger partial charge on any atom is -0.434 e. The topological polar surface area (TPSA) is 72.5 Å². The number of carbonyl (C=O) groups is 1. The van der Waals surface area contributed by atoms with Crippen molar-refractivity contribution in [2.75, 3.05) is 26.4 Å². The second-order valence-corrected chi connectivity index (χ2v) is 7.41. The Labute approximate surface area is 146 Å². The van der Waals surface area contributed by atoms with Gasteiger partial charge in [-0.2, -0.15) is 0 Å². The van der Waals surface area contributed by atoms with Crippen molar-refractivity contribution in [3.63, 3.8) is 0 Å². The number of carbonyl (C=O) groups excluding carboxylic acids is 1. The predicted molar refractivity (Wildman–Crippen MR) is 92.1 cm³/mol. The van der Waals surface area contributed by atoms with E-state index in [-0.39, 0.29) is 0 Å². The van der Waals surface area contributed by atoms with Gasteiger partial charge < -0.3 is 27.5 Å². The second-order valence-electron chi connectivity index (χ2n) is 4.72. The molecule has 0 N–H and O–H groups in total. The molecule has 1 atom stereocenters. The van der Waals surface area contributed by atoms with Crippen LogP contribution in [0, 0.1) is 0 Å². The summed E-state index contributed by atoms with van der Waals surface area (Å²) in [6.45, 7) is 15.8. The molecule has 7 nitrogen and oxygen atoms in total. The third-order valence-corrected chi connectivity index (χ3v) is 6.68. The van der Waals surface area contributed by atoms with Gasteiger partial charge in [0.2, 0.25) is 5.41 Å². The van der Waals surface area contributed by atoms with Gasteiger partial charge in [-0.25, -0.2) is 4.79 Å². The predicted octanol–water partition coefficient (Wildman–Crippen LogP) is 2.81. The Morgan fingerprint density at radius 2 is 1.54 bits per heavy atom. The first kappa shape index (κ1) is 23.2. The zero-order valence-electron chi connectivity index (χ0n) is 15.8. The van der Waals surface area contributed by atoms with E-state index in [4.69, 9.17) is 27.5 Å². The van der Waals surface area contributed by atoms with Crippen LogP contribution >= 0.6 is 0 Å². The van der Waals surface area contributed by atoms with Crippen molar-refractivity contribution in [1.82, 2.24) is 0 Å². The van der Waals surface area contributed by atoms with Crippen LogP contribution in [0.15, 0.2) is 12.7 Å². The fourth-order valence-electron chi connectivity index (χ4n) is 2.36.